The zero-order chi connectivity index (χ0) is 15.0. The van der Waals surface area contributed by atoms with E-state index in [0.29, 0.717) is 23.2 Å². The number of hydrogen-bond acceptors (Lipinski definition) is 4. The molecule has 4 atom stereocenters. The van der Waals surface area contributed by atoms with Crippen molar-refractivity contribution in [3.63, 3.8) is 0 Å². The number of nitrogens with one attached hydrogen (secondary N) is 1. The Morgan fingerprint density at radius 3 is 2.81 bits per heavy atom. The normalized spacial score (nSPS) is 28.1. The van der Waals surface area contributed by atoms with Crippen LogP contribution >= 0.6 is 0 Å². The van der Waals surface area contributed by atoms with E-state index in [9.17, 15) is 15.4 Å². The van der Waals surface area contributed by atoms with E-state index in [1.165, 1.54) is 37.8 Å². The standard InChI is InChI=1S/C16H19N3O2/c1-10(15-7-11-2-3-12(15)6-11)18-16-5-4-14(19(20)21)8-13(16)9-17/h4-5,8,10-12,15,18H,2-3,6-7H2,1H3. The van der Waals surface area contributed by atoms with Gasteiger partial charge < -0.3 is 5.32 Å². The van der Waals surface area contributed by atoms with Gasteiger partial charge in [0.2, 0.25) is 0 Å². The van der Waals surface area contributed by atoms with Crippen LogP contribution in [0.3, 0.4) is 0 Å². The van der Waals surface area contributed by atoms with E-state index in [4.69, 9.17) is 0 Å². The molecule has 2 fully saturated rings. The van der Waals surface area contributed by atoms with Crippen LogP contribution in [0.25, 0.3) is 0 Å². The molecule has 0 saturated heterocycles. The van der Waals surface area contributed by atoms with Gasteiger partial charge in [0.1, 0.15) is 6.07 Å². The van der Waals surface area contributed by atoms with Gasteiger partial charge in [-0.25, -0.2) is 0 Å². The van der Waals surface area contributed by atoms with Gasteiger partial charge in [0, 0.05) is 18.2 Å². The summed E-state index contributed by atoms with van der Waals surface area (Å²) in [6.45, 7) is 2.16. The van der Waals surface area contributed by atoms with Gasteiger partial charge in [0.15, 0.2) is 0 Å². The third kappa shape index (κ3) is 2.58. The van der Waals surface area contributed by atoms with Crippen LogP contribution in [0, 0.1) is 39.2 Å². The summed E-state index contributed by atoms with van der Waals surface area (Å²) in [5, 5.41) is 23.4. The second kappa shape index (κ2) is 5.36. The van der Waals surface area contributed by atoms with Crippen molar-refractivity contribution in [3.8, 4) is 6.07 Å². The van der Waals surface area contributed by atoms with E-state index in [-0.39, 0.29) is 5.69 Å². The van der Waals surface area contributed by atoms with E-state index in [1.807, 2.05) is 0 Å². The molecule has 5 heteroatoms. The molecular weight excluding hydrogens is 266 g/mol. The number of nitro benzene ring substituents is 1. The van der Waals surface area contributed by atoms with Crippen LogP contribution in [0.2, 0.25) is 0 Å². The summed E-state index contributed by atoms with van der Waals surface area (Å²) >= 11 is 0. The number of rotatable bonds is 4. The van der Waals surface area contributed by atoms with Crippen LogP contribution in [-0.4, -0.2) is 11.0 Å². The van der Waals surface area contributed by atoms with Crippen LogP contribution in [0.1, 0.15) is 38.2 Å². The Kier molecular flexibility index (Phi) is 3.54. The second-order valence-electron chi connectivity index (χ2n) is 6.37. The van der Waals surface area contributed by atoms with Crippen LogP contribution < -0.4 is 5.32 Å². The van der Waals surface area contributed by atoms with Crippen molar-refractivity contribution in [2.45, 2.75) is 38.6 Å². The smallest absolute Gasteiger partial charge is 0.270 e. The molecule has 2 aliphatic carbocycles. The maximum atomic E-state index is 10.8. The molecule has 1 aromatic rings. The highest BCUT2D eigenvalue weighted by molar-refractivity contribution is 5.61. The van der Waals surface area contributed by atoms with Gasteiger partial charge in [0.25, 0.3) is 5.69 Å². The minimum atomic E-state index is -0.468. The first-order valence-electron chi connectivity index (χ1n) is 7.53. The minimum Gasteiger partial charge on any atom is -0.381 e. The van der Waals surface area contributed by atoms with Gasteiger partial charge >= 0.3 is 0 Å². The highest BCUT2D eigenvalue weighted by Crippen LogP contribution is 2.49. The number of fused-ring (bicyclic) bond motifs is 2. The van der Waals surface area contributed by atoms with Gasteiger partial charge in [-0.15, -0.1) is 0 Å². The minimum absolute atomic E-state index is 0.0373. The average Bonchev–Trinajstić information content (AvgIpc) is 3.10. The van der Waals surface area contributed by atoms with Crippen LogP contribution in [-0.2, 0) is 0 Å². The van der Waals surface area contributed by atoms with Crippen molar-refractivity contribution in [3.05, 3.63) is 33.9 Å². The molecule has 1 aromatic carbocycles. The molecule has 0 heterocycles. The number of non-ortho nitro benzene ring substituents is 1. The Bertz CT molecular complexity index is 608. The summed E-state index contributed by atoms with van der Waals surface area (Å²) in [4.78, 5) is 10.3. The number of nitrogens with zero attached hydrogens (tertiary/aromatic N) is 2. The number of hydrogen-bond donors (Lipinski definition) is 1. The number of benzene rings is 1. The number of nitriles is 1. The molecular formula is C16H19N3O2. The SMILES string of the molecule is CC(Nc1ccc([N+](=O)[O-])cc1C#N)C1CC2CCC1C2. The van der Waals surface area contributed by atoms with Gasteiger partial charge in [0.05, 0.1) is 16.2 Å². The molecule has 2 bridgehead atoms. The lowest BCUT2D eigenvalue weighted by atomic mass is 9.84. The van der Waals surface area contributed by atoms with Gasteiger partial charge in [-0.05, 0) is 50.0 Å². The fourth-order valence-electron chi connectivity index (χ4n) is 4.12. The van der Waals surface area contributed by atoms with Gasteiger partial charge in [-0.1, -0.05) is 6.42 Å². The van der Waals surface area contributed by atoms with Crippen molar-refractivity contribution < 1.29 is 4.92 Å². The predicted octanol–water partition coefficient (Wildman–Crippen LogP) is 3.70. The summed E-state index contributed by atoms with van der Waals surface area (Å²) in [6, 6.07) is 6.81. The number of anilines is 1. The Hall–Kier alpha value is -2.09. The summed E-state index contributed by atoms with van der Waals surface area (Å²) in [7, 11) is 0. The fourth-order valence-corrected chi connectivity index (χ4v) is 4.12. The highest BCUT2D eigenvalue weighted by Gasteiger charge is 2.41. The predicted molar refractivity (Wildman–Crippen MR) is 79.8 cm³/mol. The molecule has 0 aromatic heterocycles. The topological polar surface area (TPSA) is 79.0 Å². The Morgan fingerprint density at radius 1 is 1.43 bits per heavy atom. The van der Waals surface area contributed by atoms with E-state index >= 15 is 0 Å². The summed E-state index contributed by atoms with van der Waals surface area (Å²) < 4.78 is 0. The zero-order valence-corrected chi connectivity index (χ0v) is 12.1. The largest absolute Gasteiger partial charge is 0.381 e. The Balaban J connectivity index is 1.75. The van der Waals surface area contributed by atoms with E-state index in [0.717, 1.165) is 11.8 Å². The second-order valence-corrected chi connectivity index (χ2v) is 6.37. The van der Waals surface area contributed by atoms with Crippen molar-refractivity contribution >= 4 is 11.4 Å². The molecule has 0 aliphatic heterocycles. The highest BCUT2D eigenvalue weighted by atomic mass is 16.6. The molecule has 4 unspecified atom stereocenters. The quantitative estimate of drug-likeness (QED) is 0.675. The first-order chi connectivity index (χ1) is 10.1. The summed E-state index contributed by atoms with van der Waals surface area (Å²) in [6.07, 6.45) is 5.32. The van der Waals surface area contributed by atoms with E-state index < -0.39 is 4.92 Å². The van der Waals surface area contributed by atoms with Gasteiger partial charge in [-0.2, -0.15) is 5.26 Å². The van der Waals surface area contributed by atoms with Crippen LogP contribution in [0.4, 0.5) is 11.4 Å². The Morgan fingerprint density at radius 2 is 2.24 bits per heavy atom. The maximum Gasteiger partial charge on any atom is 0.270 e. The fraction of sp³-hybridized carbons (Fsp3) is 0.562. The van der Waals surface area contributed by atoms with Crippen molar-refractivity contribution in [1.29, 1.82) is 5.26 Å². The van der Waals surface area contributed by atoms with Crippen molar-refractivity contribution in [1.82, 2.24) is 0 Å². The molecule has 3 rings (SSSR count). The molecule has 0 amide bonds. The lowest BCUT2D eigenvalue weighted by molar-refractivity contribution is -0.384. The lowest BCUT2D eigenvalue weighted by Gasteiger charge is -2.29. The first-order valence-corrected chi connectivity index (χ1v) is 7.53. The van der Waals surface area contributed by atoms with Crippen molar-refractivity contribution in [2.75, 3.05) is 5.32 Å². The van der Waals surface area contributed by atoms with E-state index in [1.54, 1.807) is 6.07 Å². The third-order valence-corrected chi connectivity index (χ3v) is 5.15. The number of nitro groups is 1. The molecule has 2 saturated carbocycles. The Labute approximate surface area is 124 Å². The van der Waals surface area contributed by atoms with Crippen LogP contribution in [0.15, 0.2) is 18.2 Å². The van der Waals surface area contributed by atoms with Crippen molar-refractivity contribution in [2.24, 2.45) is 17.8 Å². The maximum absolute atomic E-state index is 10.8. The van der Waals surface area contributed by atoms with Crippen LogP contribution in [0.5, 0.6) is 0 Å². The molecule has 110 valence electrons. The summed E-state index contributed by atoms with van der Waals surface area (Å²) in [5.74, 6) is 2.35. The lowest BCUT2D eigenvalue weighted by Crippen LogP contribution is -2.30. The monoisotopic (exact) mass is 285 g/mol. The average molecular weight is 285 g/mol. The first kappa shape index (κ1) is 13.9. The van der Waals surface area contributed by atoms with E-state index in [2.05, 4.69) is 18.3 Å². The molecule has 0 radical (unpaired) electrons. The summed E-state index contributed by atoms with van der Waals surface area (Å²) in [5.41, 5.74) is 1.02. The zero-order valence-electron chi connectivity index (χ0n) is 12.1. The molecule has 1 N–H and O–H groups in total. The molecule has 2 aliphatic rings. The molecule has 21 heavy (non-hydrogen) atoms. The molecule has 5 nitrogen and oxygen atoms in total. The molecule has 0 spiro atoms. The third-order valence-electron chi connectivity index (χ3n) is 5.15. The van der Waals surface area contributed by atoms with Gasteiger partial charge in [-0.3, -0.25) is 10.1 Å².